The second-order valence-electron chi connectivity index (χ2n) is 7.19. The Balaban J connectivity index is 2.10. The lowest BCUT2D eigenvalue weighted by Gasteiger charge is -2.54. The number of anilines is 1. The Labute approximate surface area is 126 Å². The summed E-state index contributed by atoms with van der Waals surface area (Å²) in [5.74, 6) is 0.284. The van der Waals surface area contributed by atoms with E-state index in [9.17, 15) is 4.79 Å². The van der Waals surface area contributed by atoms with Crippen LogP contribution in [0.3, 0.4) is 0 Å². The molecule has 1 aromatic rings. The Morgan fingerprint density at radius 1 is 1.33 bits per heavy atom. The van der Waals surface area contributed by atoms with Crippen LogP contribution in [0, 0.1) is 11.3 Å². The molecule has 0 aliphatic heterocycles. The fourth-order valence-electron chi connectivity index (χ4n) is 4.95. The number of hydrogen-bond donors (Lipinski definition) is 1. The maximum Gasteiger partial charge on any atom is 0.311 e. The van der Waals surface area contributed by atoms with Crippen LogP contribution in [0.1, 0.15) is 50.7 Å². The predicted octanol–water partition coefficient (Wildman–Crippen LogP) is 3.45. The molecule has 2 aliphatic rings. The van der Waals surface area contributed by atoms with Crippen molar-refractivity contribution in [3.05, 3.63) is 29.3 Å². The highest BCUT2D eigenvalue weighted by molar-refractivity contribution is 5.77. The Hall–Kier alpha value is -1.51. The first-order valence-corrected chi connectivity index (χ1v) is 7.89. The van der Waals surface area contributed by atoms with Crippen molar-refractivity contribution in [2.24, 2.45) is 11.3 Å². The third kappa shape index (κ3) is 1.97. The molecular weight excluding hydrogens is 262 g/mol. The molecular formula is C18H25NO2. The lowest BCUT2D eigenvalue weighted by Crippen LogP contribution is -2.52. The summed E-state index contributed by atoms with van der Waals surface area (Å²) in [6.45, 7) is 4.41. The van der Waals surface area contributed by atoms with Gasteiger partial charge in [0.25, 0.3) is 0 Å². The highest BCUT2D eigenvalue weighted by Crippen LogP contribution is 2.57. The topological polar surface area (TPSA) is 52.3 Å². The Morgan fingerprint density at radius 3 is 2.81 bits per heavy atom. The lowest BCUT2D eigenvalue weighted by molar-refractivity contribution is -0.161. The van der Waals surface area contributed by atoms with E-state index in [2.05, 4.69) is 26.0 Å². The third-order valence-corrected chi connectivity index (χ3v) is 6.03. The van der Waals surface area contributed by atoms with Crippen LogP contribution in [-0.2, 0) is 21.4 Å². The summed E-state index contributed by atoms with van der Waals surface area (Å²) >= 11 is 0. The van der Waals surface area contributed by atoms with Crippen LogP contribution in [0.5, 0.6) is 0 Å². The standard InChI is InChI=1S/C18H25NO2/c1-17-9-4-10-18(2,16(20)21-3)15(17)8-6-12-5-7-13(19)11-14(12)17/h5,7,11,15H,4,6,8-10,19H2,1-3H3/t15-,17-,18+/m1/s1. The van der Waals surface area contributed by atoms with Crippen molar-refractivity contribution in [1.82, 2.24) is 0 Å². The molecule has 3 atom stereocenters. The molecule has 0 bridgehead atoms. The number of hydrogen-bond acceptors (Lipinski definition) is 3. The quantitative estimate of drug-likeness (QED) is 0.636. The van der Waals surface area contributed by atoms with E-state index >= 15 is 0 Å². The molecule has 3 nitrogen and oxygen atoms in total. The highest BCUT2D eigenvalue weighted by Gasteiger charge is 2.55. The average Bonchev–Trinajstić information content (AvgIpc) is 2.46. The molecule has 1 saturated carbocycles. The lowest BCUT2D eigenvalue weighted by atomic mass is 9.50. The second kappa shape index (κ2) is 4.75. The first kappa shape index (κ1) is 14.4. The normalized spacial score (nSPS) is 34.7. The summed E-state index contributed by atoms with van der Waals surface area (Å²) in [6, 6.07) is 6.28. The molecule has 114 valence electrons. The zero-order valence-electron chi connectivity index (χ0n) is 13.2. The van der Waals surface area contributed by atoms with E-state index in [-0.39, 0.29) is 16.8 Å². The number of rotatable bonds is 1. The number of esters is 1. The van der Waals surface area contributed by atoms with Crippen LogP contribution in [0.15, 0.2) is 18.2 Å². The van der Waals surface area contributed by atoms with Crippen LogP contribution in [-0.4, -0.2) is 13.1 Å². The Bertz CT molecular complexity index is 583. The molecule has 2 aliphatic carbocycles. The fourth-order valence-corrected chi connectivity index (χ4v) is 4.95. The maximum atomic E-state index is 12.4. The summed E-state index contributed by atoms with van der Waals surface area (Å²) in [6.07, 6.45) is 5.20. The molecule has 0 unspecified atom stereocenters. The molecule has 0 amide bonds. The van der Waals surface area contributed by atoms with Crippen molar-refractivity contribution in [2.75, 3.05) is 12.8 Å². The fraction of sp³-hybridized carbons (Fsp3) is 0.611. The molecule has 0 heterocycles. The number of ether oxygens (including phenoxy) is 1. The van der Waals surface area contributed by atoms with Gasteiger partial charge in [-0.25, -0.2) is 0 Å². The van der Waals surface area contributed by atoms with E-state index in [1.165, 1.54) is 18.2 Å². The van der Waals surface area contributed by atoms with E-state index in [0.717, 1.165) is 37.8 Å². The van der Waals surface area contributed by atoms with Gasteiger partial charge in [-0.1, -0.05) is 19.4 Å². The van der Waals surface area contributed by atoms with Crippen molar-refractivity contribution in [1.29, 1.82) is 0 Å². The van der Waals surface area contributed by atoms with Gasteiger partial charge < -0.3 is 10.5 Å². The second-order valence-corrected chi connectivity index (χ2v) is 7.19. The molecule has 0 spiro atoms. The number of carbonyl (C=O) groups excluding carboxylic acids is 1. The van der Waals surface area contributed by atoms with Crippen molar-refractivity contribution in [3.63, 3.8) is 0 Å². The zero-order chi connectivity index (χ0) is 15.3. The number of benzene rings is 1. The van der Waals surface area contributed by atoms with Crippen LogP contribution in [0.4, 0.5) is 5.69 Å². The number of fused-ring (bicyclic) bond motifs is 3. The molecule has 2 N–H and O–H groups in total. The Morgan fingerprint density at radius 2 is 2.10 bits per heavy atom. The predicted molar refractivity (Wildman–Crippen MR) is 84.0 cm³/mol. The number of carbonyl (C=O) groups is 1. The minimum Gasteiger partial charge on any atom is -0.469 e. The van der Waals surface area contributed by atoms with Gasteiger partial charge in [0.2, 0.25) is 0 Å². The number of aryl methyl sites for hydroxylation is 1. The third-order valence-electron chi connectivity index (χ3n) is 6.03. The molecule has 1 aromatic carbocycles. The van der Waals surface area contributed by atoms with Gasteiger partial charge in [0.1, 0.15) is 0 Å². The minimum absolute atomic E-state index is 0.0319. The minimum atomic E-state index is -0.371. The molecule has 0 saturated heterocycles. The molecule has 3 rings (SSSR count). The first-order valence-electron chi connectivity index (χ1n) is 7.89. The van der Waals surface area contributed by atoms with Crippen LogP contribution >= 0.6 is 0 Å². The largest absolute Gasteiger partial charge is 0.469 e. The summed E-state index contributed by atoms with van der Waals surface area (Å²) in [5, 5.41) is 0. The van der Waals surface area contributed by atoms with Gasteiger partial charge >= 0.3 is 5.97 Å². The van der Waals surface area contributed by atoms with Crippen LogP contribution < -0.4 is 5.73 Å². The number of nitrogen functional groups attached to an aromatic ring is 1. The van der Waals surface area contributed by atoms with E-state index < -0.39 is 0 Å². The zero-order valence-corrected chi connectivity index (χ0v) is 13.2. The molecule has 0 radical (unpaired) electrons. The van der Waals surface area contributed by atoms with E-state index in [1.54, 1.807) is 0 Å². The number of methoxy groups -OCH3 is 1. The first-order chi connectivity index (χ1) is 9.91. The van der Waals surface area contributed by atoms with Gasteiger partial charge in [-0.15, -0.1) is 0 Å². The molecule has 3 heteroatoms. The van der Waals surface area contributed by atoms with Crippen molar-refractivity contribution in [2.45, 2.75) is 51.4 Å². The molecule has 21 heavy (non-hydrogen) atoms. The van der Waals surface area contributed by atoms with Gasteiger partial charge in [-0.3, -0.25) is 4.79 Å². The maximum absolute atomic E-state index is 12.4. The number of nitrogens with two attached hydrogens (primary N) is 1. The summed E-state index contributed by atoms with van der Waals surface area (Å²) in [7, 11) is 1.51. The van der Waals surface area contributed by atoms with Crippen LogP contribution in [0.2, 0.25) is 0 Å². The Kier molecular flexibility index (Phi) is 3.27. The van der Waals surface area contributed by atoms with Gasteiger partial charge in [0.15, 0.2) is 0 Å². The van der Waals surface area contributed by atoms with E-state index in [1.807, 2.05) is 6.07 Å². The highest BCUT2D eigenvalue weighted by atomic mass is 16.5. The van der Waals surface area contributed by atoms with E-state index in [4.69, 9.17) is 10.5 Å². The van der Waals surface area contributed by atoms with Crippen molar-refractivity contribution < 1.29 is 9.53 Å². The smallest absolute Gasteiger partial charge is 0.311 e. The van der Waals surface area contributed by atoms with Gasteiger partial charge in [-0.05, 0) is 67.2 Å². The van der Waals surface area contributed by atoms with Gasteiger partial charge in [0.05, 0.1) is 12.5 Å². The van der Waals surface area contributed by atoms with Gasteiger partial charge in [-0.2, -0.15) is 0 Å². The van der Waals surface area contributed by atoms with Crippen molar-refractivity contribution in [3.8, 4) is 0 Å². The van der Waals surface area contributed by atoms with Crippen molar-refractivity contribution >= 4 is 11.7 Å². The molecule has 0 aromatic heterocycles. The summed E-state index contributed by atoms with van der Waals surface area (Å²) in [5.41, 5.74) is 9.26. The SMILES string of the molecule is COC(=O)[C@@]1(C)CCC[C@]2(C)c3cc(N)ccc3CC[C@@H]12. The van der Waals surface area contributed by atoms with Crippen LogP contribution in [0.25, 0.3) is 0 Å². The summed E-state index contributed by atoms with van der Waals surface area (Å²) < 4.78 is 5.13. The van der Waals surface area contributed by atoms with Gasteiger partial charge in [0, 0.05) is 5.69 Å². The van der Waals surface area contributed by atoms with E-state index in [0.29, 0.717) is 5.92 Å². The summed E-state index contributed by atoms with van der Waals surface area (Å²) in [4.78, 5) is 12.4. The monoisotopic (exact) mass is 287 g/mol. The molecule has 1 fully saturated rings. The average molecular weight is 287 g/mol.